The summed E-state index contributed by atoms with van der Waals surface area (Å²) in [4.78, 5) is 10.1. The Morgan fingerprint density at radius 1 is 1.20 bits per heavy atom. The zero-order valence-electron chi connectivity index (χ0n) is 10.4. The molecule has 0 aromatic carbocycles. The highest BCUT2D eigenvalue weighted by atomic mass is 16.4. The molecule has 0 aromatic rings. The van der Waals surface area contributed by atoms with E-state index in [1.165, 1.54) is 0 Å². The fraction of sp³-hybridized carbons (Fsp3) is 0.909. The fourth-order valence-electron chi connectivity index (χ4n) is 0.942. The highest BCUT2D eigenvalue weighted by molar-refractivity contribution is 5.72. The highest BCUT2D eigenvalue weighted by Crippen LogP contribution is 2.01. The molecule has 0 saturated carbocycles. The Balaban J connectivity index is 0. The van der Waals surface area contributed by atoms with Crippen molar-refractivity contribution >= 4 is 5.97 Å². The molecule has 0 radical (unpaired) electrons. The maximum Gasteiger partial charge on any atom is 0.320 e. The first-order chi connectivity index (χ1) is 6.81. The summed E-state index contributed by atoms with van der Waals surface area (Å²) in [6.45, 7) is 9.07. The Kier molecular flexibility index (Phi) is 11.1. The van der Waals surface area contributed by atoms with Crippen LogP contribution in [0.1, 0.15) is 40.5 Å². The van der Waals surface area contributed by atoms with Crippen LogP contribution in [-0.2, 0) is 4.79 Å². The van der Waals surface area contributed by atoms with Gasteiger partial charge in [-0.2, -0.15) is 0 Å². The molecule has 4 heteroatoms. The Labute approximate surface area is 93.0 Å². The van der Waals surface area contributed by atoms with Crippen LogP contribution in [0, 0.1) is 11.8 Å². The average molecular weight is 218 g/mol. The first-order valence-electron chi connectivity index (χ1n) is 5.49. The largest absolute Gasteiger partial charge is 0.480 e. The first-order valence-corrected chi connectivity index (χ1v) is 5.49. The minimum atomic E-state index is -0.913. The van der Waals surface area contributed by atoms with E-state index in [0.29, 0.717) is 12.3 Å². The van der Waals surface area contributed by atoms with E-state index in [2.05, 4.69) is 13.8 Å². The molecule has 5 N–H and O–H groups in total. The second kappa shape index (κ2) is 9.93. The van der Waals surface area contributed by atoms with Gasteiger partial charge in [0.05, 0.1) is 0 Å². The van der Waals surface area contributed by atoms with Crippen molar-refractivity contribution in [2.75, 3.05) is 6.54 Å². The van der Waals surface area contributed by atoms with Crippen molar-refractivity contribution in [3.8, 4) is 0 Å². The van der Waals surface area contributed by atoms with E-state index >= 15 is 0 Å². The number of hydrogen-bond acceptors (Lipinski definition) is 3. The van der Waals surface area contributed by atoms with Gasteiger partial charge in [-0.15, -0.1) is 0 Å². The molecule has 0 aliphatic carbocycles. The van der Waals surface area contributed by atoms with Gasteiger partial charge in [-0.25, -0.2) is 0 Å². The van der Waals surface area contributed by atoms with Crippen molar-refractivity contribution < 1.29 is 9.90 Å². The maximum absolute atomic E-state index is 10.1. The van der Waals surface area contributed by atoms with Gasteiger partial charge in [0.2, 0.25) is 0 Å². The molecule has 0 spiro atoms. The van der Waals surface area contributed by atoms with Crippen LogP contribution in [0.2, 0.25) is 0 Å². The molecule has 0 saturated heterocycles. The molecule has 15 heavy (non-hydrogen) atoms. The number of hydrogen-bond donors (Lipinski definition) is 3. The van der Waals surface area contributed by atoms with Gasteiger partial charge in [-0.05, 0) is 31.2 Å². The van der Waals surface area contributed by atoms with Gasteiger partial charge in [0.1, 0.15) is 6.04 Å². The summed E-state index contributed by atoms with van der Waals surface area (Å²) in [5.41, 5.74) is 10.4. The molecule has 0 fully saturated rings. The third kappa shape index (κ3) is 16.1. The van der Waals surface area contributed by atoms with Crippen LogP contribution in [0.3, 0.4) is 0 Å². The van der Waals surface area contributed by atoms with Gasteiger partial charge < -0.3 is 16.6 Å². The molecule has 1 atom stereocenters. The molecule has 0 heterocycles. The number of rotatable bonds is 5. The number of nitrogens with two attached hydrogens (primary N) is 2. The highest BCUT2D eigenvalue weighted by Gasteiger charge is 2.11. The van der Waals surface area contributed by atoms with Crippen LogP contribution in [0.5, 0.6) is 0 Å². The summed E-state index contributed by atoms with van der Waals surface area (Å²) < 4.78 is 0. The van der Waals surface area contributed by atoms with Crippen molar-refractivity contribution in [3.63, 3.8) is 0 Å². The molecule has 0 bridgehead atoms. The molecular formula is C11H26N2O2. The van der Waals surface area contributed by atoms with Crippen LogP contribution in [0.25, 0.3) is 0 Å². The minimum absolute atomic E-state index is 0.357. The van der Waals surface area contributed by atoms with Crippen molar-refractivity contribution in [2.24, 2.45) is 23.3 Å². The quantitative estimate of drug-likeness (QED) is 0.651. The van der Waals surface area contributed by atoms with E-state index in [0.717, 1.165) is 18.9 Å². The summed E-state index contributed by atoms with van der Waals surface area (Å²) in [5.74, 6) is 0.217. The van der Waals surface area contributed by atoms with Gasteiger partial charge >= 0.3 is 5.97 Å². The Hall–Kier alpha value is -0.610. The van der Waals surface area contributed by atoms with Crippen LogP contribution < -0.4 is 11.5 Å². The average Bonchev–Trinajstić information content (AvgIpc) is 2.03. The summed E-state index contributed by atoms with van der Waals surface area (Å²) in [7, 11) is 0. The van der Waals surface area contributed by atoms with Crippen molar-refractivity contribution in [2.45, 2.75) is 46.6 Å². The van der Waals surface area contributed by atoms with Crippen molar-refractivity contribution in [1.29, 1.82) is 0 Å². The smallest absolute Gasteiger partial charge is 0.320 e. The van der Waals surface area contributed by atoms with Crippen LogP contribution in [0.4, 0.5) is 0 Å². The van der Waals surface area contributed by atoms with Gasteiger partial charge in [-0.3, -0.25) is 4.79 Å². The lowest BCUT2D eigenvalue weighted by Gasteiger charge is -2.07. The van der Waals surface area contributed by atoms with Crippen LogP contribution in [0.15, 0.2) is 0 Å². The summed E-state index contributed by atoms with van der Waals surface area (Å²) in [5, 5.41) is 8.31. The van der Waals surface area contributed by atoms with Gasteiger partial charge in [-0.1, -0.05) is 27.7 Å². The molecule has 0 aromatic heterocycles. The molecule has 4 nitrogen and oxygen atoms in total. The molecule has 0 aliphatic rings. The molecule has 0 aliphatic heterocycles. The number of carboxylic acid groups (broad SMARTS) is 1. The van der Waals surface area contributed by atoms with Crippen LogP contribution in [-0.4, -0.2) is 23.7 Å². The van der Waals surface area contributed by atoms with E-state index in [4.69, 9.17) is 16.6 Å². The summed E-state index contributed by atoms with van der Waals surface area (Å²) >= 11 is 0. The zero-order valence-corrected chi connectivity index (χ0v) is 10.4. The molecule has 0 amide bonds. The van der Waals surface area contributed by atoms with E-state index < -0.39 is 12.0 Å². The lowest BCUT2D eigenvalue weighted by Crippen LogP contribution is -2.31. The third-order valence-electron chi connectivity index (χ3n) is 1.79. The molecule has 0 rings (SSSR count). The first kappa shape index (κ1) is 16.8. The van der Waals surface area contributed by atoms with E-state index in [1.54, 1.807) is 0 Å². The number of aliphatic carboxylic acids is 1. The van der Waals surface area contributed by atoms with Crippen molar-refractivity contribution in [1.82, 2.24) is 0 Å². The molecular weight excluding hydrogens is 192 g/mol. The SMILES string of the molecule is CC(C)CCN.CC(C)C[C@H](N)C(=O)O. The fourth-order valence-corrected chi connectivity index (χ4v) is 0.942. The normalized spacial score (nSPS) is 12.3. The van der Waals surface area contributed by atoms with Gasteiger partial charge in [0.25, 0.3) is 0 Å². The lowest BCUT2D eigenvalue weighted by molar-refractivity contribution is -0.138. The lowest BCUT2D eigenvalue weighted by atomic mass is 10.1. The monoisotopic (exact) mass is 218 g/mol. The van der Waals surface area contributed by atoms with E-state index in [-0.39, 0.29) is 0 Å². The van der Waals surface area contributed by atoms with E-state index in [1.807, 2.05) is 13.8 Å². The summed E-state index contributed by atoms with van der Waals surface area (Å²) in [6, 6.07) is -0.690. The third-order valence-corrected chi connectivity index (χ3v) is 1.79. The predicted octanol–water partition coefficient (Wildman–Crippen LogP) is 1.44. The topological polar surface area (TPSA) is 89.3 Å². The molecule has 92 valence electrons. The Bertz CT molecular complexity index is 159. The van der Waals surface area contributed by atoms with Gasteiger partial charge in [0.15, 0.2) is 0 Å². The zero-order chi connectivity index (χ0) is 12.4. The second-order valence-electron chi connectivity index (χ2n) is 4.55. The summed E-state index contributed by atoms with van der Waals surface area (Å²) in [6.07, 6.45) is 1.70. The standard InChI is InChI=1S/C6H13NO2.C5H13N/c1-4(2)3-5(7)6(8)9;1-5(2)3-4-6/h4-5H,3,7H2,1-2H3,(H,8,9);5H,3-4,6H2,1-2H3/t5-;/m0./s1. The second-order valence-corrected chi connectivity index (χ2v) is 4.55. The number of carboxylic acids is 1. The van der Waals surface area contributed by atoms with Crippen molar-refractivity contribution in [3.05, 3.63) is 0 Å². The Morgan fingerprint density at radius 3 is 1.73 bits per heavy atom. The number of carbonyl (C=O) groups is 1. The molecule has 0 unspecified atom stereocenters. The minimum Gasteiger partial charge on any atom is -0.480 e. The predicted molar refractivity (Wildman–Crippen MR) is 63.6 cm³/mol. The Morgan fingerprint density at radius 2 is 1.67 bits per heavy atom. The van der Waals surface area contributed by atoms with Gasteiger partial charge in [0, 0.05) is 0 Å². The maximum atomic E-state index is 10.1. The van der Waals surface area contributed by atoms with Crippen LogP contribution >= 0.6 is 0 Å². The van der Waals surface area contributed by atoms with E-state index in [9.17, 15) is 4.79 Å².